The number of hydrogen-bond acceptors (Lipinski definition) is 12. The molecule has 0 saturated carbocycles. The van der Waals surface area contributed by atoms with Gasteiger partial charge in [-0.25, -0.2) is 0 Å². The molecule has 0 spiro atoms. The molecule has 0 aromatic rings. The minimum absolute atomic E-state index is 0. The Bertz CT molecular complexity index is 1030. The molecule has 2 amide bonds. The van der Waals surface area contributed by atoms with Gasteiger partial charge in [-0.2, -0.15) is 0 Å². The van der Waals surface area contributed by atoms with Crippen LogP contribution in [0.25, 0.3) is 0 Å². The summed E-state index contributed by atoms with van der Waals surface area (Å²) >= 11 is 0. The standard InChI is InChI=1S/C27H47BN6O11.Cu/c1-19(26(42)29-20(2)27(43)34-5-3-4-22(34)28(44)45)14-21(35)15-30-6-8-31(16-23(36)37)10-12-33(18-25(40)41)13-11-32(9-7-30)17-24(38)39;/h19-20,22,44-45H,3-18H2,1-2H3,(H,29,42)(H,36,37)(H,38,39)(H,40,41);/t19-,20-,22+;/m1./s1. The molecule has 46 heavy (non-hydrogen) atoms. The van der Waals surface area contributed by atoms with Crippen LogP contribution < -0.4 is 5.32 Å². The van der Waals surface area contributed by atoms with Gasteiger partial charge in [-0.3, -0.25) is 48.4 Å². The zero-order valence-corrected chi connectivity index (χ0v) is 27.3. The van der Waals surface area contributed by atoms with Crippen LogP contribution in [-0.2, 0) is 45.8 Å². The maximum Gasteiger partial charge on any atom is 0.475 e. The number of Topliss-reactive ketones (excluding diaryl/α,β-unsaturated/α-hetero) is 1. The number of nitrogens with one attached hydrogen (secondary N) is 1. The molecule has 2 aliphatic heterocycles. The summed E-state index contributed by atoms with van der Waals surface area (Å²) in [5.41, 5.74) is 0. The van der Waals surface area contributed by atoms with E-state index in [2.05, 4.69) is 5.32 Å². The molecule has 265 valence electrons. The number of carbonyl (C=O) groups is 6. The molecule has 0 aliphatic carbocycles. The van der Waals surface area contributed by atoms with Crippen molar-refractivity contribution in [1.82, 2.24) is 29.8 Å². The van der Waals surface area contributed by atoms with Crippen LogP contribution in [0.3, 0.4) is 0 Å². The number of carbonyl (C=O) groups excluding carboxylic acids is 3. The first-order valence-electron chi connectivity index (χ1n) is 15.2. The number of carboxylic acids is 3. The minimum Gasteiger partial charge on any atom is -0.480 e. The van der Waals surface area contributed by atoms with Gasteiger partial charge < -0.3 is 35.6 Å². The maximum absolute atomic E-state index is 13.1. The van der Waals surface area contributed by atoms with Gasteiger partial charge in [-0.1, -0.05) is 6.92 Å². The average molecular weight is 706 g/mol. The van der Waals surface area contributed by atoms with Gasteiger partial charge in [0.25, 0.3) is 0 Å². The Kier molecular flexibility index (Phi) is 18.5. The van der Waals surface area contributed by atoms with Gasteiger partial charge >= 0.3 is 25.0 Å². The van der Waals surface area contributed by atoms with Crippen LogP contribution in [0.5, 0.6) is 0 Å². The Labute approximate surface area is 279 Å². The molecule has 1 radical (unpaired) electrons. The van der Waals surface area contributed by atoms with Crippen molar-refractivity contribution in [2.24, 2.45) is 5.92 Å². The van der Waals surface area contributed by atoms with Crippen LogP contribution in [0.1, 0.15) is 33.1 Å². The molecule has 19 heteroatoms. The molecular formula is C27H47BCuN6O11. The van der Waals surface area contributed by atoms with E-state index in [0.29, 0.717) is 19.4 Å². The fourth-order valence-corrected chi connectivity index (χ4v) is 5.58. The summed E-state index contributed by atoms with van der Waals surface area (Å²) in [5, 5.41) is 49.7. The predicted octanol–water partition coefficient (Wildman–Crippen LogP) is -3.44. The van der Waals surface area contributed by atoms with Crippen LogP contribution in [-0.4, -0.2) is 190 Å². The van der Waals surface area contributed by atoms with Crippen LogP contribution in [0, 0.1) is 5.92 Å². The second-order valence-corrected chi connectivity index (χ2v) is 11.8. The molecule has 2 fully saturated rings. The van der Waals surface area contributed by atoms with Crippen LogP contribution in [0.15, 0.2) is 0 Å². The van der Waals surface area contributed by atoms with E-state index in [-0.39, 0.29) is 108 Å². The average Bonchev–Trinajstić information content (AvgIpc) is 3.43. The first-order chi connectivity index (χ1) is 21.2. The number of hydrogen-bond donors (Lipinski definition) is 6. The summed E-state index contributed by atoms with van der Waals surface area (Å²) in [4.78, 5) is 81.1. The summed E-state index contributed by atoms with van der Waals surface area (Å²) in [6, 6.07) is -0.934. The second-order valence-electron chi connectivity index (χ2n) is 11.8. The van der Waals surface area contributed by atoms with E-state index in [1.54, 1.807) is 26.5 Å². The number of amides is 2. The molecule has 2 aliphatic rings. The summed E-state index contributed by atoms with van der Waals surface area (Å²) in [6.07, 6.45) is 0.922. The van der Waals surface area contributed by atoms with Gasteiger partial charge in [-0.15, -0.1) is 0 Å². The van der Waals surface area contributed by atoms with Gasteiger partial charge in [0.2, 0.25) is 11.8 Å². The maximum atomic E-state index is 13.1. The van der Waals surface area contributed by atoms with E-state index >= 15 is 0 Å². The van der Waals surface area contributed by atoms with Gasteiger partial charge in [0.1, 0.15) is 11.8 Å². The monoisotopic (exact) mass is 705 g/mol. The fourth-order valence-electron chi connectivity index (χ4n) is 5.58. The zero-order valence-electron chi connectivity index (χ0n) is 26.3. The summed E-state index contributed by atoms with van der Waals surface area (Å²) in [6.45, 7) is 4.59. The molecule has 2 rings (SSSR count). The van der Waals surface area contributed by atoms with E-state index in [1.165, 1.54) is 11.8 Å². The van der Waals surface area contributed by atoms with Gasteiger partial charge in [0, 0.05) is 88.3 Å². The smallest absolute Gasteiger partial charge is 0.475 e. The van der Waals surface area contributed by atoms with Crippen molar-refractivity contribution in [1.29, 1.82) is 0 Å². The Hall–Kier alpha value is -2.64. The number of aliphatic carboxylic acids is 3. The quantitative estimate of drug-likeness (QED) is 0.0966. The molecule has 0 unspecified atom stereocenters. The molecule has 17 nitrogen and oxygen atoms in total. The Balaban J connectivity index is 0.0000106. The number of ketones is 1. The number of carboxylic acid groups (broad SMARTS) is 3. The van der Waals surface area contributed by atoms with Crippen molar-refractivity contribution < 1.29 is 71.2 Å². The van der Waals surface area contributed by atoms with Gasteiger partial charge in [0.05, 0.1) is 32.1 Å². The van der Waals surface area contributed by atoms with E-state index in [1.807, 2.05) is 0 Å². The predicted molar refractivity (Wildman–Crippen MR) is 160 cm³/mol. The zero-order chi connectivity index (χ0) is 33.7. The molecule has 6 N–H and O–H groups in total. The third-order valence-corrected chi connectivity index (χ3v) is 8.04. The topological polar surface area (TPSA) is 232 Å². The third kappa shape index (κ3) is 14.9. The molecule has 2 heterocycles. The number of likely N-dealkylation sites (tertiary alicyclic amines) is 1. The van der Waals surface area contributed by atoms with E-state index in [0.717, 1.165) is 0 Å². The fraction of sp³-hybridized carbons (Fsp3) is 0.778. The number of rotatable bonds is 14. The van der Waals surface area contributed by atoms with Crippen molar-refractivity contribution in [3.8, 4) is 0 Å². The van der Waals surface area contributed by atoms with Crippen molar-refractivity contribution in [3.05, 3.63) is 0 Å². The Morgan fingerprint density at radius 3 is 1.46 bits per heavy atom. The second kappa shape index (κ2) is 20.6. The first kappa shape index (κ1) is 41.4. The molecule has 0 bridgehead atoms. The van der Waals surface area contributed by atoms with Gasteiger partial charge in [-0.05, 0) is 19.8 Å². The van der Waals surface area contributed by atoms with E-state index < -0.39 is 54.7 Å². The van der Waals surface area contributed by atoms with Crippen LogP contribution in [0.4, 0.5) is 0 Å². The van der Waals surface area contributed by atoms with Crippen molar-refractivity contribution in [2.75, 3.05) is 85.1 Å². The van der Waals surface area contributed by atoms with Crippen molar-refractivity contribution >= 4 is 42.6 Å². The Morgan fingerprint density at radius 1 is 0.696 bits per heavy atom. The molecule has 3 atom stereocenters. The first-order valence-corrected chi connectivity index (χ1v) is 15.2. The normalized spacial score (nSPS) is 20.8. The third-order valence-electron chi connectivity index (χ3n) is 8.04. The molecular weight excluding hydrogens is 659 g/mol. The molecule has 0 aromatic heterocycles. The summed E-state index contributed by atoms with van der Waals surface area (Å²) in [5.74, 6) is -5.89. The van der Waals surface area contributed by atoms with Gasteiger partial charge in [0.15, 0.2) is 0 Å². The molecule has 2 saturated heterocycles. The molecule has 0 aromatic carbocycles. The Morgan fingerprint density at radius 2 is 1.09 bits per heavy atom. The summed E-state index contributed by atoms with van der Waals surface area (Å²) in [7, 11) is -1.68. The van der Waals surface area contributed by atoms with Crippen LogP contribution in [0.2, 0.25) is 0 Å². The van der Waals surface area contributed by atoms with Crippen molar-refractivity contribution in [2.45, 2.75) is 45.1 Å². The minimum atomic E-state index is -1.68. The SMILES string of the molecule is C[C@H](CC(=O)CN1CCN(CC(=O)O)CCN(CC(=O)O)CCN(CC(=O)O)CC1)C(=O)N[C@H](C)C(=O)N1CCC[C@H]1B(O)O.[Cu]. The van der Waals surface area contributed by atoms with E-state index in [9.17, 15) is 54.1 Å². The largest absolute Gasteiger partial charge is 0.480 e. The van der Waals surface area contributed by atoms with E-state index in [4.69, 9.17) is 0 Å². The van der Waals surface area contributed by atoms with Crippen LogP contribution >= 0.6 is 0 Å². The number of nitrogens with zero attached hydrogens (tertiary/aromatic N) is 5. The van der Waals surface area contributed by atoms with Crippen molar-refractivity contribution in [3.63, 3.8) is 0 Å². The summed E-state index contributed by atoms with van der Waals surface area (Å²) < 4.78 is 0.